The molecule has 3 aromatic heterocycles. The summed E-state index contributed by atoms with van der Waals surface area (Å²) in [4.78, 5) is 7.03. The summed E-state index contributed by atoms with van der Waals surface area (Å²) in [7, 11) is 0. The second-order valence-corrected chi connectivity index (χ2v) is 9.31. The van der Waals surface area contributed by atoms with Gasteiger partial charge >= 0.3 is 0 Å². The Kier molecular flexibility index (Phi) is 5.15. The number of pyridine rings is 1. The highest BCUT2D eigenvalue weighted by molar-refractivity contribution is 9.10. The Morgan fingerprint density at radius 2 is 2.32 bits per heavy atom. The number of aromatic nitrogens is 1. The maximum Gasteiger partial charge on any atom is 0.131 e. The first-order chi connectivity index (χ1) is 12.1. The fourth-order valence-corrected chi connectivity index (χ4v) is 6.17. The van der Waals surface area contributed by atoms with Gasteiger partial charge in [-0.2, -0.15) is 0 Å². The molecule has 0 bridgehead atoms. The summed E-state index contributed by atoms with van der Waals surface area (Å²) in [6.07, 6.45) is 5.25. The molecule has 1 aliphatic rings. The van der Waals surface area contributed by atoms with Gasteiger partial charge in [0.25, 0.3) is 0 Å². The lowest BCUT2D eigenvalue weighted by molar-refractivity contribution is 0.196. The van der Waals surface area contributed by atoms with E-state index in [1.165, 1.54) is 9.75 Å². The number of fused-ring (bicyclic) bond motifs is 1. The van der Waals surface area contributed by atoms with Crippen LogP contribution in [-0.4, -0.2) is 16.2 Å². The molecule has 0 saturated heterocycles. The van der Waals surface area contributed by atoms with Crippen molar-refractivity contribution in [1.82, 2.24) is 4.98 Å². The fraction of sp³-hybridized carbons (Fsp3) is 0.278. The topological polar surface area (TPSA) is 45.1 Å². The van der Waals surface area contributed by atoms with Gasteiger partial charge in [0.15, 0.2) is 0 Å². The first-order valence-electron chi connectivity index (χ1n) is 8.01. The Morgan fingerprint density at radius 1 is 1.44 bits per heavy atom. The zero-order valence-corrected chi connectivity index (χ0v) is 17.2. The van der Waals surface area contributed by atoms with Crippen LogP contribution >= 0.6 is 50.2 Å². The molecule has 0 saturated carbocycles. The van der Waals surface area contributed by atoms with Gasteiger partial charge in [0.2, 0.25) is 0 Å². The van der Waals surface area contributed by atoms with Crippen molar-refractivity contribution in [1.29, 1.82) is 0 Å². The molecule has 0 spiro atoms. The molecule has 3 heterocycles. The molecule has 0 amide bonds. The summed E-state index contributed by atoms with van der Waals surface area (Å²) < 4.78 is 2.11. The summed E-state index contributed by atoms with van der Waals surface area (Å²) in [6, 6.07) is 6.06. The number of hydrogen-bond acceptors (Lipinski definition) is 5. The van der Waals surface area contributed by atoms with E-state index in [9.17, 15) is 5.11 Å². The van der Waals surface area contributed by atoms with Crippen molar-refractivity contribution in [3.8, 4) is 0 Å². The molecule has 4 rings (SSSR count). The van der Waals surface area contributed by atoms with Gasteiger partial charge in [-0.3, -0.25) is 0 Å². The lowest BCUT2D eigenvalue weighted by Gasteiger charge is -2.20. The van der Waals surface area contributed by atoms with Crippen LogP contribution in [0, 0.1) is 0 Å². The minimum atomic E-state index is -0.371. The standard InChI is InChI=1S/C18H16BrClN2OS2/c19-15-16-18(25-17(15)10-3-1-4-11(23)7-10)13(8-14(20)22-16)21-9-12-5-2-6-24-12/h1-2,4-6,8,10-11,23H,3,7,9H2,(H,21,22)/t10?,11-/m0/s1. The Hall–Kier alpha value is -0.920. The lowest BCUT2D eigenvalue weighted by Crippen LogP contribution is -2.13. The molecule has 0 aromatic carbocycles. The van der Waals surface area contributed by atoms with Gasteiger partial charge in [-0.15, -0.1) is 22.7 Å². The van der Waals surface area contributed by atoms with Crippen molar-refractivity contribution in [2.24, 2.45) is 0 Å². The van der Waals surface area contributed by atoms with Crippen molar-refractivity contribution >= 4 is 66.1 Å². The van der Waals surface area contributed by atoms with Crippen molar-refractivity contribution in [2.75, 3.05) is 5.32 Å². The van der Waals surface area contributed by atoms with Gasteiger partial charge in [0.1, 0.15) is 5.15 Å². The van der Waals surface area contributed by atoms with E-state index < -0.39 is 0 Å². The molecule has 2 atom stereocenters. The molecule has 2 N–H and O–H groups in total. The second-order valence-electron chi connectivity index (χ2n) is 6.05. The third-order valence-corrected chi connectivity index (χ3v) is 7.80. The fourth-order valence-electron chi connectivity index (χ4n) is 3.10. The van der Waals surface area contributed by atoms with Crippen LogP contribution in [0.15, 0.2) is 40.2 Å². The van der Waals surface area contributed by atoms with Crippen LogP contribution in [0.2, 0.25) is 5.15 Å². The zero-order valence-electron chi connectivity index (χ0n) is 13.2. The number of anilines is 1. The summed E-state index contributed by atoms with van der Waals surface area (Å²) in [5.74, 6) is 0.303. The molecule has 0 aliphatic heterocycles. The van der Waals surface area contributed by atoms with Crippen LogP contribution in [0.3, 0.4) is 0 Å². The van der Waals surface area contributed by atoms with E-state index in [0.29, 0.717) is 11.1 Å². The summed E-state index contributed by atoms with van der Waals surface area (Å²) in [5, 5.41) is 16.0. The molecule has 0 radical (unpaired) electrons. The van der Waals surface area contributed by atoms with Crippen LogP contribution < -0.4 is 5.32 Å². The van der Waals surface area contributed by atoms with Crippen LogP contribution in [-0.2, 0) is 6.54 Å². The molecule has 0 fully saturated rings. The van der Waals surface area contributed by atoms with Crippen LogP contribution in [0.4, 0.5) is 5.69 Å². The first kappa shape index (κ1) is 17.5. The molecule has 1 aliphatic carbocycles. The van der Waals surface area contributed by atoms with Gasteiger partial charge in [-0.05, 0) is 40.2 Å². The monoisotopic (exact) mass is 454 g/mol. The second kappa shape index (κ2) is 7.37. The average Bonchev–Trinajstić information content (AvgIpc) is 3.21. The van der Waals surface area contributed by atoms with Crippen molar-refractivity contribution in [3.05, 3.63) is 55.1 Å². The Morgan fingerprint density at radius 3 is 3.08 bits per heavy atom. The number of nitrogens with one attached hydrogen (secondary N) is 1. The molecule has 1 unspecified atom stereocenters. The van der Waals surface area contributed by atoms with Gasteiger partial charge in [0.05, 0.1) is 26.5 Å². The summed E-state index contributed by atoms with van der Waals surface area (Å²) in [5.41, 5.74) is 1.90. The SMILES string of the molecule is O[C@H]1C=CCC(c2sc3c(NCc4cccs4)cc(Cl)nc3c2Br)C1. The number of hydrogen-bond donors (Lipinski definition) is 2. The van der Waals surface area contributed by atoms with E-state index in [1.54, 1.807) is 22.7 Å². The molecule has 130 valence electrons. The number of allylic oxidation sites excluding steroid dienone is 1. The minimum absolute atomic E-state index is 0.303. The number of nitrogens with zero attached hydrogens (tertiary/aromatic N) is 1. The largest absolute Gasteiger partial charge is 0.389 e. The minimum Gasteiger partial charge on any atom is -0.389 e. The van der Waals surface area contributed by atoms with Gasteiger partial charge in [0, 0.05) is 28.3 Å². The molecule has 25 heavy (non-hydrogen) atoms. The predicted molar refractivity (Wildman–Crippen MR) is 111 cm³/mol. The zero-order chi connectivity index (χ0) is 17.4. The van der Waals surface area contributed by atoms with Gasteiger partial charge in [-0.25, -0.2) is 4.98 Å². The average molecular weight is 456 g/mol. The molecule has 7 heteroatoms. The summed E-state index contributed by atoms with van der Waals surface area (Å²) in [6.45, 7) is 0.767. The highest BCUT2D eigenvalue weighted by Gasteiger charge is 2.25. The van der Waals surface area contributed by atoms with E-state index in [1.807, 2.05) is 12.1 Å². The van der Waals surface area contributed by atoms with Crippen LogP contribution in [0.25, 0.3) is 10.2 Å². The Labute approximate surface area is 167 Å². The molecular formula is C18H16BrClN2OS2. The Balaban J connectivity index is 1.71. The molecule has 3 nitrogen and oxygen atoms in total. The smallest absolute Gasteiger partial charge is 0.131 e. The van der Waals surface area contributed by atoms with E-state index in [-0.39, 0.29) is 6.10 Å². The van der Waals surface area contributed by atoms with Crippen LogP contribution in [0.1, 0.15) is 28.5 Å². The number of aliphatic hydroxyl groups is 1. The number of aliphatic hydroxyl groups excluding tert-OH is 1. The maximum atomic E-state index is 9.95. The third-order valence-electron chi connectivity index (χ3n) is 4.29. The van der Waals surface area contributed by atoms with E-state index in [2.05, 4.69) is 49.8 Å². The molecule has 3 aromatic rings. The maximum absolute atomic E-state index is 9.95. The number of rotatable bonds is 4. The van der Waals surface area contributed by atoms with E-state index >= 15 is 0 Å². The van der Waals surface area contributed by atoms with E-state index in [0.717, 1.165) is 39.8 Å². The van der Waals surface area contributed by atoms with Crippen molar-refractivity contribution in [2.45, 2.75) is 31.4 Å². The first-order valence-corrected chi connectivity index (χ1v) is 10.9. The van der Waals surface area contributed by atoms with Gasteiger partial charge in [-0.1, -0.05) is 29.8 Å². The number of thiophene rings is 2. The predicted octanol–water partition coefficient (Wildman–Crippen LogP) is 6.18. The third kappa shape index (κ3) is 3.64. The number of halogens is 2. The Bertz CT molecular complexity index is 923. The van der Waals surface area contributed by atoms with E-state index in [4.69, 9.17) is 11.6 Å². The highest BCUT2D eigenvalue weighted by atomic mass is 79.9. The lowest BCUT2D eigenvalue weighted by atomic mass is 9.91. The van der Waals surface area contributed by atoms with Gasteiger partial charge < -0.3 is 10.4 Å². The van der Waals surface area contributed by atoms with Crippen LogP contribution in [0.5, 0.6) is 0 Å². The molecular weight excluding hydrogens is 440 g/mol. The quantitative estimate of drug-likeness (QED) is 0.365. The highest BCUT2D eigenvalue weighted by Crippen LogP contribution is 2.46. The summed E-state index contributed by atoms with van der Waals surface area (Å²) >= 11 is 13.4. The van der Waals surface area contributed by atoms with Crippen molar-refractivity contribution < 1.29 is 5.11 Å². The van der Waals surface area contributed by atoms with Crippen molar-refractivity contribution in [3.63, 3.8) is 0 Å². The normalized spacial score (nSPS) is 20.3.